The fourth-order valence-electron chi connectivity index (χ4n) is 3.48. The summed E-state index contributed by atoms with van der Waals surface area (Å²) in [7, 11) is -3.33. The Hall–Kier alpha value is -0.980. The van der Waals surface area contributed by atoms with Crippen LogP contribution >= 0.6 is 15.9 Å². The molecule has 2 N–H and O–H groups in total. The monoisotopic (exact) mass is 536 g/mol. The maximum Gasteiger partial charge on any atom is 0.420 e. The third-order valence-electron chi connectivity index (χ3n) is 5.11. The van der Waals surface area contributed by atoms with E-state index in [1.54, 1.807) is 0 Å². The van der Waals surface area contributed by atoms with E-state index in [-0.39, 0.29) is 23.5 Å². The second kappa shape index (κ2) is 10.3. The van der Waals surface area contributed by atoms with E-state index in [2.05, 4.69) is 26.0 Å². The molecule has 178 valence electrons. The molecule has 0 aliphatic heterocycles. The molecule has 0 bridgehead atoms. The van der Waals surface area contributed by atoms with Gasteiger partial charge in [-0.1, -0.05) is 12.8 Å². The highest BCUT2D eigenvalue weighted by Crippen LogP contribution is 2.40. The van der Waals surface area contributed by atoms with Gasteiger partial charge in [0.25, 0.3) is 0 Å². The Kier molecular flexibility index (Phi) is 8.73. The van der Waals surface area contributed by atoms with Crippen LogP contribution in [0, 0.1) is 0 Å². The third kappa shape index (κ3) is 7.83. The Labute approximate surface area is 187 Å². The molecule has 1 aliphatic carbocycles. The van der Waals surface area contributed by atoms with E-state index in [1.165, 1.54) is 0 Å². The van der Waals surface area contributed by atoms with Gasteiger partial charge >= 0.3 is 6.18 Å². The van der Waals surface area contributed by atoms with Crippen LogP contribution in [0.15, 0.2) is 21.5 Å². The number of methoxy groups -OCH3 is 1. The predicted octanol–water partition coefficient (Wildman–Crippen LogP) is 5.09. The van der Waals surface area contributed by atoms with E-state index in [1.807, 2.05) is 0 Å². The molecule has 1 saturated carbocycles. The van der Waals surface area contributed by atoms with Crippen molar-refractivity contribution < 1.29 is 35.1 Å². The molecular formula is C19H26BrF5N2O3S. The van der Waals surface area contributed by atoms with Gasteiger partial charge in [0.2, 0.25) is 15.9 Å². The molecule has 1 atom stereocenters. The maximum atomic E-state index is 13.4. The first-order valence-corrected chi connectivity index (χ1v) is 12.1. The van der Waals surface area contributed by atoms with Crippen molar-refractivity contribution in [2.45, 2.75) is 74.5 Å². The van der Waals surface area contributed by atoms with Gasteiger partial charge in [-0.15, -0.1) is 0 Å². The summed E-state index contributed by atoms with van der Waals surface area (Å²) >= 11 is 2.88. The van der Waals surface area contributed by atoms with Crippen LogP contribution in [-0.4, -0.2) is 40.1 Å². The molecule has 0 amide bonds. The lowest BCUT2D eigenvalue weighted by Gasteiger charge is -2.24. The first-order chi connectivity index (χ1) is 14.2. The fourth-order valence-corrected chi connectivity index (χ4v) is 5.81. The van der Waals surface area contributed by atoms with E-state index in [0.29, 0.717) is 6.07 Å². The van der Waals surface area contributed by atoms with E-state index < -0.39 is 50.8 Å². The molecule has 0 saturated heterocycles. The predicted molar refractivity (Wildman–Crippen MR) is 110 cm³/mol. The summed E-state index contributed by atoms with van der Waals surface area (Å²) < 4.78 is 98.9. The summed E-state index contributed by atoms with van der Waals surface area (Å²) in [5.41, 5.74) is -1.13. The van der Waals surface area contributed by atoms with E-state index in [0.717, 1.165) is 45.8 Å². The quantitative estimate of drug-likeness (QED) is 0.408. The van der Waals surface area contributed by atoms with Crippen LogP contribution < -0.4 is 14.8 Å². The molecule has 0 radical (unpaired) electrons. The minimum absolute atomic E-state index is 0.134. The number of benzene rings is 1. The summed E-state index contributed by atoms with van der Waals surface area (Å²) in [6, 6.07) is 0.716. The van der Waals surface area contributed by atoms with Gasteiger partial charge in [0.15, 0.2) is 0 Å². The summed E-state index contributed by atoms with van der Waals surface area (Å²) in [6.45, 7) is 0.885. The highest BCUT2D eigenvalue weighted by Gasteiger charge is 2.37. The van der Waals surface area contributed by atoms with Crippen molar-refractivity contribution in [3.8, 4) is 5.75 Å². The zero-order valence-electron chi connectivity index (χ0n) is 17.2. The average molecular weight is 537 g/mol. The lowest BCUT2D eigenvalue weighted by Crippen LogP contribution is -2.45. The Bertz CT molecular complexity index is 853. The number of hydrogen-bond donors (Lipinski definition) is 2. The first kappa shape index (κ1) is 26.3. The highest BCUT2D eigenvalue weighted by atomic mass is 79.9. The molecule has 0 spiro atoms. The van der Waals surface area contributed by atoms with Crippen molar-refractivity contribution in [2.24, 2.45) is 0 Å². The molecule has 0 heterocycles. The topological polar surface area (TPSA) is 67.4 Å². The molecule has 0 aromatic heterocycles. The number of sulfonamides is 1. The zero-order valence-corrected chi connectivity index (χ0v) is 19.6. The third-order valence-corrected chi connectivity index (χ3v) is 7.59. The summed E-state index contributed by atoms with van der Waals surface area (Å²) in [4.78, 5) is -0.466. The van der Waals surface area contributed by atoms with Crippen molar-refractivity contribution in [3.63, 3.8) is 0 Å². The van der Waals surface area contributed by atoms with Gasteiger partial charge in [-0.05, 0) is 48.2 Å². The lowest BCUT2D eigenvalue weighted by molar-refractivity contribution is -0.138. The van der Waals surface area contributed by atoms with E-state index in [9.17, 15) is 30.4 Å². The van der Waals surface area contributed by atoms with Crippen molar-refractivity contribution in [1.29, 1.82) is 0 Å². The van der Waals surface area contributed by atoms with Gasteiger partial charge in [0.1, 0.15) is 5.75 Å². The van der Waals surface area contributed by atoms with Crippen LogP contribution in [0.25, 0.3) is 0 Å². The fraction of sp³-hybridized carbons (Fsp3) is 0.684. The van der Waals surface area contributed by atoms with Crippen molar-refractivity contribution in [3.05, 3.63) is 22.2 Å². The summed E-state index contributed by atoms with van der Waals surface area (Å²) in [6.07, 6.45) is -1.50. The van der Waals surface area contributed by atoms with Crippen LogP contribution in [0.1, 0.15) is 51.0 Å². The molecule has 1 aliphatic rings. The summed E-state index contributed by atoms with van der Waals surface area (Å²) in [5, 5.41) is 3.20. The smallest absolute Gasteiger partial charge is 0.420 e. The van der Waals surface area contributed by atoms with Crippen molar-refractivity contribution in [1.82, 2.24) is 10.0 Å². The number of ether oxygens (including phenoxy) is 1. The largest absolute Gasteiger partial charge is 0.496 e. The highest BCUT2D eigenvalue weighted by molar-refractivity contribution is 9.10. The van der Waals surface area contributed by atoms with Crippen LogP contribution in [0.4, 0.5) is 22.0 Å². The van der Waals surface area contributed by atoms with Gasteiger partial charge in [-0.2, -0.15) is 13.2 Å². The van der Waals surface area contributed by atoms with Gasteiger partial charge in [-0.3, -0.25) is 0 Å². The number of alkyl halides is 5. The molecule has 12 heteroatoms. The maximum absolute atomic E-state index is 13.4. The molecule has 5 nitrogen and oxygen atoms in total. The molecule has 1 aromatic carbocycles. The normalized spacial score (nSPS) is 17.2. The van der Waals surface area contributed by atoms with Gasteiger partial charge in [0, 0.05) is 35.6 Å². The van der Waals surface area contributed by atoms with Crippen LogP contribution in [0.3, 0.4) is 0 Å². The van der Waals surface area contributed by atoms with E-state index >= 15 is 0 Å². The molecular weight excluding hydrogens is 511 g/mol. The number of rotatable bonds is 10. The zero-order chi connectivity index (χ0) is 23.4. The Morgan fingerprint density at radius 2 is 1.81 bits per heavy atom. The van der Waals surface area contributed by atoms with Crippen molar-refractivity contribution in [2.75, 3.05) is 13.7 Å². The van der Waals surface area contributed by atoms with Crippen LogP contribution in [0.2, 0.25) is 0 Å². The Balaban J connectivity index is 2.26. The Morgan fingerprint density at radius 3 is 2.32 bits per heavy atom. The minimum Gasteiger partial charge on any atom is -0.496 e. The van der Waals surface area contributed by atoms with Crippen LogP contribution in [-0.2, 0) is 16.2 Å². The van der Waals surface area contributed by atoms with Gasteiger partial charge in [-0.25, -0.2) is 21.9 Å². The Morgan fingerprint density at radius 1 is 1.19 bits per heavy atom. The second-order valence-electron chi connectivity index (χ2n) is 7.80. The molecule has 1 fully saturated rings. The standard InChI is InChI=1S/C19H26BrF5N2O3S/c1-18(21,22)8-7-13(11-26-12-5-3-4-6-12)27-31(28,29)17-10-16(30-2)14(9-15(17)20)19(23,24)25/h9-10,12-13,26-27H,3-8,11H2,1-2H3/t13-/m1/s1. The van der Waals surface area contributed by atoms with Gasteiger partial charge in [0.05, 0.1) is 17.6 Å². The van der Waals surface area contributed by atoms with Crippen LogP contribution in [0.5, 0.6) is 5.75 Å². The molecule has 31 heavy (non-hydrogen) atoms. The lowest BCUT2D eigenvalue weighted by atomic mass is 10.1. The summed E-state index contributed by atoms with van der Waals surface area (Å²) in [5.74, 6) is -3.63. The SMILES string of the molecule is COc1cc(S(=O)(=O)N[C@H](CCC(C)(F)F)CNC2CCCC2)c(Br)cc1C(F)(F)F. The minimum atomic E-state index is -4.75. The van der Waals surface area contributed by atoms with E-state index in [4.69, 9.17) is 4.74 Å². The average Bonchev–Trinajstić information content (AvgIpc) is 3.15. The van der Waals surface area contributed by atoms with Crippen molar-refractivity contribution >= 4 is 26.0 Å². The number of halogens is 6. The molecule has 0 unspecified atom stereocenters. The molecule has 2 rings (SSSR count). The number of nitrogens with one attached hydrogen (secondary N) is 2. The second-order valence-corrected chi connectivity index (χ2v) is 10.3. The van der Waals surface area contributed by atoms with Gasteiger partial charge < -0.3 is 10.1 Å². The molecule has 1 aromatic rings. The number of hydrogen-bond acceptors (Lipinski definition) is 4. The first-order valence-electron chi connectivity index (χ1n) is 9.81.